The largest absolute Gasteiger partial charge is 0.477 e. The summed E-state index contributed by atoms with van der Waals surface area (Å²) in [4.78, 5) is 53.4. The number of tetrazole rings is 1. The summed E-state index contributed by atoms with van der Waals surface area (Å²) >= 11 is 2.53. The van der Waals surface area contributed by atoms with Gasteiger partial charge in [-0.25, -0.2) is 14.5 Å². The van der Waals surface area contributed by atoms with Gasteiger partial charge in [-0.15, -0.1) is 16.9 Å². The topological polar surface area (TPSA) is 205 Å². The van der Waals surface area contributed by atoms with Gasteiger partial charge in [0, 0.05) is 18.6 Å². The molecule has 4 heterocycles. The molecular weight excluding hydrogens is 502 g/mol. The van der Waals surface area contributed by atoms with Gasteiger partial charge in [0.05, 0.1) is 0 Å². The Labute approximate surface area is 205 Å². The zero-order chi connectivity index (χ0) is 25.1. The number of aliphatic carboxylic acids is 1. The van der Waals surface area contributed by atoms with Crippen LogP contribution in [0.4, 0.5) is 5.82 Å². The summed E-state index contributed by atoms with van der Waals surface area (Å²) in [5.41, 5.74) is -0.140. The molecule has 0 aliphatic carbocycles. The van der Waals surface area contributed by atoms with Gasteiger partial charge >= 0.3 is 5.97 Å². The van der Waals surface area contributed by atoms with Crippen molar-refractivity contribution >= 4 is 59.2 Å². The van der Waals surface area contributed by atoms with Crippen molar-refractivity contribution in [2.45, 2.75) is 16.6 Å². The fourth-order valence-electron chi connectivity index (χ4n) is 3.42. The van der Waals surface area contributed by atoms with Crippen LogP contribution in [0, 0.1) is 0 Å². The van der Waals surface area contributed by atoms with Crippen LogP contribution in [0.2, 0.25) is 0 Å². The average Bonchev–Trinajstić information content (AvgIpc) is 3.26. The molecule has 182 valence electrons. The van der Waals surface area contributed by atoms with Crippen molar-refractivity contribution in [2.75, 3.05) is 16.8 Å². The first-order valence-electron chi connectivity index (χ1n) is 9.81. The predicted octanol–water partition coefficient (Wildman–Crippen LogP) is -1.12. The number of rotatable bonds is 9. The highest BCUT2D eigenvalue weighted by Crippen LogP contribution is 2.41. The van der Waals surface area contributed by atoms with Crippen LogP contribution in [0.5, 0.6) is 0 Å². The molecular formula is C18H17N9O6S2. The molecule has 3 amide bonds. The fraction of sp³-hybridized carbons (Fsp3) is 0.278. The summed E-state index contributed by atoms with van der Waals surface area (Å²) < 4.78 is 1.45. The smallest absolute Gasteiger partial charge is 0.352 e. The van der Waals surface area contributed by atoms with Crippen LogP contribution < -0.4 is 10.6 Å². The molecule has 2 aromatic rings. The molecule has 2 aliphatic heterocycles. The van der Waals surface area contributed by atoms with Crippen molar-refractivity contribution in [3.63, 3.8) is 0 Å². The minimum atomic E-state index is -1.26. The Balaban J connectivity index is 1.48. The number of hydrogen-bond donors (Lipinski definition) is 4. The lowest BCUT2D eigenvalue weighted by atomic mass is 10.0. The minimum absolute atomic E-state index is 0.0412. The first-order chi connectivity index (χ1) is 16.8. The van der Waals surface area contributed by atoms with Gasteiger partial charge in [0.25, 0.3) is 11.8 Å². The molecule has 0 radical (unpaired) electrons. The Kier molecular flexibility index (Phi) is 6.97. The number of thioether (sulfide) groups is 2. The van der Waals surface area contributed by atoms with E-state index < -0.39 is 34.9 Å². The lowest BCUT2D eigenvalue weighted by molar-refractivity contribution is -0.150. The second-order valence-electron chi connectivity index (χ2n) is 7.11. The molecule has 2 aromatic heterocycles. The molecule has 2 aliphatic rings. The number of nitrogens with zero attached hydrogens (tertiary/aromatic N) is 7. The first-order valence-corrected chi connectivity index (χ1v) is 11.8. The molecule has 0 aromatic carbocycles. The minimum Gasteiger partial charge on any atom is -0.477 e. The van der Waals surface area contributed by atoms with Crippen LogP contribution in [-0.2, 0) is 26.2 Å². The Hall–Kier alpha value is -3.99. The van der Waals surface area contributed by atoms with Crippen LogP contribution in [0.15, 0.2) is 39.8 Å². The monoisotopic (exact) mass is 519 g/mol. The van der Waals surface area contributed by atoms with E-state index in [2.05, 4.69) is 36.3 Å². The molecule has 1 saturated heterocycles. The van der Waals surface area contributed by atoms with Crippen LogP contribution in [0.1, 0.15) is 5.69 Å². The van der Waals surface area contributed by atoms with Crippen molar-refractivity contribution in [3.8, 4) is 0 Å². The molecule has 2 atom stereocenters. The first kappa shape index (κ1) is 24.1. The van der Waals surface area contributed by atoms with Crippen LogP contribution in [0.3, 0.4) is 0 Å². The summed E-state index contributed by atoms with van der Waals surface area (Å²) in [6, 6.07) is 3.30. The molecule has 17 heteroatoms. The maximum absolute atomic E-state index is 12.9. The number of aryl methyl sites for hydroxylation is 1. The van der Waals surface area contributed by atoms with Gasteiger partial charge in [0.2, 0.25) is 11.6 Å². The third-order valence-corrected chi connectivity index (χ3v) is 7.44. The number of pyridine rings is 1. The van der Waals surface area contributed by atoms with Crippen LogP contribution in [-0.4, -0.2) is 93.2 Å². The maximum atomic E-state index is 12.9. The highest BCUT2D eigenvalue weighted by atomic mass is 32.2. The number of amides is 3. The second kappa shape index (κ2) is 10.1. The summed E-state index contributed by atoms with van der Waals surface area (Å²) in [6.07, 6.45) is 0.397. The van der Waals surface area contributed by atoms with Gasteiger partial charge in [-0.3, -0.25) is 19.3 Å². The number of carboxylic acid groups (broad SMARTS) is 1. The van der Waals surface area contributed by atoms with E-state index in [1.165, 1.54) is 46.4 Å². The number of fused-ring (bicyclic) bond motifs is 1. The average molecular weight is 520 g/mol. The maximum Gasteiger partial charge on any atom is 0.352 e. The van der Waals surface area contributed by atoms with Crippen molar-refractivity contribution in [1.82, 2.24) is 35.4 Å². The molecule has 4 rings (SSSR count). The van der Waals surface area contributed by atoms with Gasteiger partial charge in [-0.1, -0.05) is 23.0 Å². The molecule has 0 bridgehead atoms. The van der Waals surface area contributed by atoms with Crippen LogP contribution in [0.25, 0.3) is 0 Å². The van der Waals surface area contributed by atoms with Crippen molar-refractivity contribution in [3.05, 3.63) is 35.2 Å². The van der Waals surface area contributed by atoms with Gasteiger partial charge in [0.1, 0.15) is 28.6 Å². The number of anilines is 1. The highest BCUT2D eigenvalue weighted by molar-refractivity contribution is 8.01. The van der Waals surface area contributed by atoms with E-state index in [1.807, 2.05) is 0 Å². The normalized spacial score (nSPS) is 19.6. The van der Waals surface area contributed by atoms with E-state index in [0.717, 1.165) is 4.90 Å². The Morgan fingerprint density at radius 2 is 2.20 bits per heavy atom. The Bertz CT molecular complexity index is 1260. The fourth-order valence-corrected chi connectivity index (χ4v) is 5.75. The van der Waals surface area contributed by atoms with Crippen molar-refractivity contribution < 1.29 is 29.5 Å². The number of carbonyl (C=O) groups is 4. The van der Waals surface area contributed by atoms with Gasteiger partial charge in [-0.05, 0) is 28.1 Å². The zero-order valence-electron chi connectivity index (χ0n) is 17.9. The second-order valence-corrected chi connectivity index (χ2v) is 9.16. The number of oxime groups is 1. The molecule has 35 heavy (non-hydrogen) atoms. The zero-order valence-corrected chi connectivity index (χ0v) is 19.5. The summed E-state index contributed by atoms with van der Waals surface area (Å²) in [5, 5.41) is 37.9. The van der Waals surface area contributed by atoms with Crippen molar-refractivity contribution in [2.24, 2.45) is 12.2 Å². The standard InChI is InChI=1S/C18H17N9O6S2/c1-26-18(22-24-25-26)35-6-8-5-34-16-12(15(30)27(16)13(8)17(31)32)21-14(29)11(23-33)9-3-2-4-10(20-9)19-7-28/h2-4,7,12,16,33H,5-6H2,1H3,(H,21,29)(H,31,32)(H,19,20,28)/t12?,16-/m1/s1. The van der Waals surface area contributed by atoms with Gasteiger partial charge in [0.15, 0.2) is 5.71 Å². The number of carbonyl (C=O) groups excluding carboxylic acids is 3. The summed E-state index contributed by atoms with van der Waals surface area (Å²) in [5.74, 6) is -2.08. The van der Waals surface area contributed by atoms with E-state index in [4.69, 9.17) is 0 Å². The quantitative estimate of drug-likeness (QED) is 0.0777. The number of carboxylic acids is 1. The van der Waals surface area contributed by atoms with E-state index in [0.29, 0.717) is 22.9 Å². The number of aromatic nitrogens is 5. The summed E-state index contributed by atoms with van der Waals surface area (Å²) in [6.45, 7) is 0. The molecule has 0 saturated carbocycles. The SMILES string of the molecule is Cn1nnnc1SCC1=C(C(=O)O)N2C(=O)C(NC(=O)C(=NO)c3cccc(NC=O)n3)[C@H]2SC1. The van der Waals surface area contributed by atoms with E-state index in [1.54, 1.807) is 7.05 Å². The van der Waals surface area contributed by atoms with E-state index >= 15 is 0 Å². The number of hydrogen-bond acceptors (Lipinski definition) is 12. The van der Waals surface area contributed by atoms with Crippen molar-refractivity contribution in [1.29, 1.82) is 0 Å². The molecule has 0 spiro atoms. The molecule has 4 N–H and O–H groups in total. The lowest BCUT2D eigenvalue weighted by Gasteiger charge is -2.49. The lowest BCUT2D eigenvalue weighted by Crippen LogP contribution is -2.71. The predicted molar refractivity (Wildman–Crippen MR) is 121 cm³/mol. The number of β-lactam (4-membered cyclic amide) rings is 1. The summed E-state index contributed by atoms with van der Waals surface area (Å²) in [7, 11) is 1.65. The third kappa shape index (κ3) is 4.67. The molecule has 1 unspecified atom stereocenters. The number of nitrogens with one attached hydrogen (secondary N) is 2. The third-order valence-electron chi connectivity index (χ3n) is 5.01. The van der Waals surface area contributed by atoms with Crippen LogP contribution >= 0.6 is 23.5 Å². The van der Waals surface area contributed by atoms with E-state index in [-0.39, 0.29) is 23.0 Å². The Morgan fingerprint density at radius 3 is 2.86 bits per heavy atom. The molecule has 15 nitrogen and oxygen atoms in total. The highest BCUT2D eigenvalue weighted by Gasteiger charge is 2.54. The van der Waals surface area contributed by atoms with Gasteiger partial charge < -0.3 is 20.9 Å². The Morgan fingerprint density at radius 1 is 1.40 bits per heavy atom. The molecule has 1 fully saturated rings. The van der Waals surface area contributed by atoms with E-state index in [9.17, 15) is 29.5 Å². The van der Waals surface area contributed by atoms with Gasteiger partial charge in [-0.2, -0.15) is 0 Å².